The van der Waals surface area contributed by atoms with Crippen LogP contribution in [0.3, 0.4) is 0 Å². The maximum atomic E-state index is 12.2. The molecule has 0 fully saturated rings. The SMILES string of the molecule is CCN(/C=C(/C#N)C(=O)NC(C)c1ccc(OC)cc1)CC. The van der Waals surface area contributed by atoms with Crippen molar-refractivity contribution in [3.05, 3.63) is 41.6 Å². The number of amides is 1. The van der Waals surface area contributed by atoms with Gasteiger partial charge in [0.1, 0.15) is 17.4 Å². The molecule has 1 unspecified atom stereocenters. The standard InChI is InChI=1S/C17H23N3O2/c1-5-20(6-2)12-15(11-18)17(21)19-13(3)14-7-9-16(22-4)10-8-14/h7-10,12-13H,5-6H2,1-4H3,(H,19,21)/b15-12-. The smallest absolute Gasteiger partial charge is 0.263 e. The first kappa shape index (κ1) is 17.6. The number of methoxy groups -OCH3 is 1. The van der Waals surface area contributed by atoms with E-state index < -0.39 is 0 Å². The lowest BCUT2D eigenvalue weighted by Crippen LogP contribution is -2.29. The molecule has 5 heteroatoms. The van der Waals surface area contributed by atoms with Gasteiger partial charge in [0.15, 0.2) is 0 Å². The molecule has 0 aliphatic heterocycles. The molecule has 118 valence electrons. The third-order valence-electron chi connectivity index (χ3n) is 3.45. The van der Waals surface area contributed by atoms with Crippen LogP contribution in [0.4, 0.5) is 0 Å². The highest BCUT2D eigenvalue weighted by atomic mass is 16.5. The summed E-state index contributed by atoms with van der Waals surface area (Å²) in [5, 5.41) is 12.0. The van der Waals surface area contributed by atoms with Gasteiger partial charge >= 0.3 is 0 Å². The molecule has 0 radical (unpaired) electrons. The van der Waals surface area contributed by atoms with Crippen LogP contribution < -0.4 is 10.1 Å². The minimum atomic E-state index is -0.363. The number of hydrogen-bond acceptors (Lipinski definition) is 4. The summed E-state index contributed by atoms with van der Waals surface area (Å²) in [5.74, 6) is 0.402. The van der Waals surface area contributed by atoms with Crippen LogP contribution in [0, 0.1) is 11.3 Å². The van der Waals surface area contributed by atoms with E-state index >= 15 is 0 Å². The van der Waals surface area contributed by atoms with E-state index in [2.05, 4.69) is 5.32 Å². The van der Waals surface area contributed by atoms with Crippen LogP contribution in [0.15, 0.2) is 36.0 Å². The number of nitrogens with one attached hydrogen (secondary N) is 1. The second kappa shape index (κ2) is 8.73. The van der Waals surface area contributed by atoms with Crippen molar-refractivity contribution in [1.29, 1.82) is 5.26 Å². The first-order chi connectivity index (χ1) is 10.5. The van der Waals surface area contributed by atoms with Crippen molar-refractivity contribution in [3.8, 4) is 11.8 Å². The Morgan fingerprint density at radius 3 is 2.41 bits per heavy atom. The fourth-order valence-electron chi connectivity index (χ4n) is 1.98. The van der Waals surface area contributed by atoms with Gasteiger partial charge in [-0.2, -0.15) is 5.26 Å². The number of carbonyl (C=O) groups excluding carboxylic acids is 1. The molecule has 1 N–H and O–H groups in total. The lowest BCUT2D eigenvalue weighted by molar-refractivity contribution is -0.117. The predicted octanol–water partition coefficient (Wildman–Crippen LogP) is 2.62. The molecule has 0 bridgehead atoms. The summed E-state index contributed by atoms with van der Waals surface area (Å²) in [6, 6.07) is 9.25. The topological polar surface area (TPSA) is 65.4 Å². The maximum absolute atomic E-state index is 12.2. The average molecular weight is 301 g/mol. The average Bonchev–Trinajstić information content (AvgIpc) is 2.56. The van der Waals surface area contributed by atoms with Crippen LogP contribution in [0.5, 0.6) is 5.75 Å². The second-order valence-corrected chi connectivity index (χ2v) is 4.84. The molecule has 1 rings (SSSR count). The maximum Gasteiger partial charge on any atom is 0.263 e. The normalized spacial score (nSPS) is 12.2. The van der Waals surface area contributed by atoms with Crippen LogP contribution in [-0.4, -0.2) is 31.0 Å². The predicted molar refractivity (Wildman–Crippen MR) is 86.2 cm³/mol. The number of hydrogen-bond donors (Lipinski definition) is 1. The molecule has 0 saturated carbocycles. The van der Waals surface area contributed by atoms with Crippen molar-refractivity contribution in [2.75, 3.05) is 20.2 Å². The van der Waals surface area contributed by atoms with E-state index in [1.54, 1.807) is 13.3 Å². The largest absolute Gasteiger partial charge is 0.497 e. The molecular formula is C17H23N3O2. The van der Waals surface area contributed by atoms with E-state index in [0.29, 0.717) is 0 Å². The van der Waals surface area contributed by atoms with E-state index in [9.17, 15) is 4.79 Å². The fourth-order valence-corrected chi connectivity index (χ4v) is 1.98. The third-order valence-corrected chi connectivity index (χ3v) is 3.45. The van der Waals surface area contributed by atoms with E-state index in [1.807, 2.05) is 56.0 Å². The number of nitrogens with zero attached hydrogens (tertiary/aromatic N) is 2. The Kier molecular flexibility index (Phi) is 6.97. The molecule has 0 aromatic heterocycles. The number of nitriles is 1. The zero-order valence-electron chi connectivity index (χ0n) is 13.6. The summed E-state index contributed by atoms with van der Waals surface area (Å²) in [6.07, 6.45) is 1.61. The van der Waals surface area contributed by atoms with Gasteiger partial charge in [-0.15, -0.1) is 0 Å². The van der Waals surface area contributed by atoms with E-state index in [1.165, 1.54) is 0 Å². The summed E-state index contributed by atoms with van der Waals surface area (Å²) in [5.41, 5.74) is 1.07. The van der Waals surface area contributed by atoms with Gasteiger partial charge in [0, 0.05) is 19.3 Å². The van der Waals surface area contributed by atoms with E-state index in [0.717, 1.165) is 24.4 Å². The van der Waals surface area contributed by atoms with Gasteiger partial charge in [-0.3, -0.25) is 4.79 Å². The Morgan fingerprint density at radius 2 is 1.95 bits per heavy atom. The minimum Gasteiger partial charge on any atom is -0.497 e. The number of carbonyl (C=O) groups is 1. The molecule has 22 heavy (non-hydrogen) atoms. The lowest BCUT2D eigenvalue weighted by atomic mass is 10.1. The molecule has 0 saturated heterocycles. The molecule has 5 nitrogen and oxygen atoms in total. The van der Waals surface area contributed by atoms with Gasteiger partial charge in [0.2, 0.25) is 0 Å². The summed E-state index contributed by atoms with van der Waals surface area (Å²) >= 11 is 0. The highest BCUT2D eigenvalue weighted by Crippen LogP contribution is 2.17. The van der Waals surface area contributed by atoms with E-state index in [4.69, 9.17) is 10.00 Å². The van der Waals surface area contributed by atoms with Gasteiger partial charge in [0.05, 0.1) is 13.2 Å². The van der Waals surface area contributed by atoms with Crippen LogP contribution in [0.2, 0.25) is 0 Å². The molecule has 0 heterocycles. The van der Waals surface area contributed by atoms with E-state index in [-0.39, 0.29) is 17.5 Å². The van der Waals surface area contributed by atoms with Crippen LogP contribution in [0.25, 0.3) is 0 Å². The third kappa shape index (κ3) is 4.81. The van der Waals surface area contributed by atoms with Gasteiger partial charge in [-0.25, -0.2) is 0 Å². The number of benzene rings is 1. The number of ether oxygens (including phenoxy) is 1. The Morgan fingerprint density at radius 1 is 1.36 bits per heavy atom. The van der Waals surface area contributed by atoms with Crippen molar-refractivity contribution in [1.82, 2.24) is 10.2 Å². The van der Waals surface area contributed by atoms with Gasteiger partial charge in [-0.05, 0) is 38.5 Å². The zero-order valence-corrected chi connectivity index (χ0v) is 13.6. The molecule has 1 aromatic rings. The van der Waals surface area contributed by atoms with Gasteiger partial charge in [-0.1, -0.05) is 12.1 Å². The Balaban J connectivity index is 2.78. The first-order valence-corrected chi connectivity index (χ1v) is 7.36. The lowest BCUT2D eigenvalue weighted by Gasteiger charge is -2.17. The summed E-state index contributed by atoms with van der Waals surface area (Å²) in [4.78, 5) is 14.1. The van der Waals surface area contributed by atoms with Crippen LogP contribution in [0.1, 0.15) is 32.4 Å². The zero-order chi connectivity index (χ0) is 16.5. The van der Waals surface area contributed by atoms with Crippen LogP contribution >= 0.6 is 0 Å². The Labute approximate surface area is 132 Å². The summed E-state index contributed by atoms with van der Waals surface area (Å²) < 4.78 is 5.11. The molecule has 0 aliphatic carbocycles. The molecular weight excluding hydrogens is 278 g/mol. The van der Waals surface area contributed by atoms with Crippen molar-refractivity contribution in [2.45, 2.75) is 26.8 Å². The number of rotatable bonds is 7. The molecule has 1 atom stereocenters. The quantitative estimate of drug-likeness (QED) is 0.621. The van der Waals surface area contributed by atoms with Crippen molar-refractivity contribution in [3.63, 3.8) is 0 Å². The molecule has 0 aliphatic rings. The second-order valence-electron chi connectivity index (χ2n) is 4.84. The highest BCUT2D eigenvalue weighted by molar-refractivity contribution is 5.97. The highest BCUT2D eigenvalue weighted by Gasteiger charge is 2.14. The first-order valence-electron chi connectivity index (χ1n) is 7.36. The van der Waals surface area contributed by atoms with Crippen molar-refractivity contribution in [2.24, 2.45) is 0 Å². The van der Waals surface area contributed by atoms with Gasteiger partial charge in [0.25, 0.3) is 5.91 Å². The Hall–Kier alpha value is -2.48. The van der Waals surface area contributed by atoms with Crippen molar-refractivity contribution < 1.29 is 9.53 Å². The minimum absolute atomic E-state index is 0.115. The Bertz CT molecular complexity index is 554. The fraction of sp³-hybridized carbons (Fsp3) is 0.412. The molecule has 0 spiro atoms. The van der Waals surface area contributed by atoms with Crippen LogP contribution in [-0.2, 0) is 4.79 Å². The van der Waals surface area contributed by atoms with Gasteiger partial charge < -0.3 is 15.0 Å². The van der Waals surface area contributed by atoms with Crippen molar-refractivity contribution >= 4 is 5.91 Å². The summed E-state index contributed by atoms with van der Waals surface area (Å²) in [6.45, 7) is 7.35. The monoisotopic (exact) mass is 301 g/mol. The molecule has 1 amide bonds. The molecule has 1 aromatic carbocycles. The summed E-state index contributed by atoms with van der Waals surface area (Å²) in [7, 11) is 1.61.